The van der Waals surface area contributed by atoms with Crippen LogP contribution >= 0.6 is 12.0 Å². The largest absolute Gasteiger partial charge is 0.383 e. The molecule has 0 unspecified atom stereocenters. The van der Waals surface area contributed by atoms with Crippen LogP contribution in [0, 0.1) is 0 Å². The van der Waals surface area contributed by atoms with Gasteiger partial charge in [-0.2, -0.15) is 8.78 Å². The molecule has 0 heterocycles. The first-order valence-electron chi connectivity index (χ1n) is 2.57. The van der Waals surface area contributed by atoms with Gasteiger partial charge in [0.15, 0.2) is 0 Å². The molecule has 0 aromatic carbocycles. The lowest BCUT2D eigenvalue weighted by molar-refractivity contribution is -0.434. The van der Waals surface area contributed by atoms with E-state index >= 15 is 0 Å². The maximum Gasteiger partial charge on any atom is 0.348 e. The smallest absolute Gasteiger partial charge is 0.348 e. The first kappa shape index (κ1) is 11.1. The van der Waals surface area contributed by atoms with Crippen molar-refractivity contribution >= 4 is 12.0 Å². The average molecular weight is 190 g/mol. The predicted octanol–water partition coefficient (Wildman–Crippen LogP) is 1.42. The van der Waals surface area contributed by atoms with Gasteiger partial charge in [-0.3, -0.25) is 0 Å². The Bertz CT molecular complexity index is 124. The zero-order chi connectivity index (χ0) is 9.12. The second-order valence-electron chi connectivity index (χ2n) is 2.30. The summed E-state index contributed by atoms with van der Waals surface area (Å²) in [7, 11) is 0. The molecule has 0 radical (unpaired) electrons. The zero-order valence-electron chi connectivity index (χ0n) is 5.88. The number of hydrogen-bond donors (Lipinski definition) is 2. The topological polar surface area (TPSA) is 58.9 Å². The molecule has 0 spiro atoms. The average Bonchev–Trinajstić information content (AvgIpc) is 1.81. The molecule has 0 fully saturated rings. The van der Waals surface area contributed by atoms with E-state index in [0.29, 0.717) is 0 Å². The summed E-state index contributed by atoms with van der Waals surface area (Å²) >= 11 is -0.470. The summed E-state index contributed by atoms with van der Waals surface area (Å²) in [5.41, 5.74) is -2.24. The van der Waals surface area contributed by atoms with Crippen molar-refractivity contribution in [3.63, 3.8) is 0 Å². The lowest BCUT2D eigenvalue weighted by Gasteiger charge is -2.25. The molecule has 4 nitrogen and oxygen atoms in total. The van der Waals surface area contributed by atoms with E-state index in [9.17, 15) is 8.78 Å². The Morgan fingerprint density at radius 1 is 1.36 bits per heavy atom. The summed E-state index contributed by atoms with van der Waals surface area (Å²) in [6.07, 6.45) is 0. The Morgan fingerprint density at radius 3 is 2.09 bits per heavy atom. The van der Waals surface area contributed by atoms with Crippen molar-refractivity contribution < 1.29 is 28.5 Å². The highest BCUT2D eigenvalue weighted by molar-refractivity contribution is 7.95. The Balaban J connectivity index is 4.00. The molecule has 0 aromatic heterocycles. The number of rotatable bonds is 4. The van der Waals surface area contributed by atoms with E-state index in [4.69, 9.17) is 10.4 Å². The van der Waals surface area contributed by atoms with Crippen molar-refractivity contribution in [1.82, 2.24) is 0 Å². The van der Waals surface area contributed by atoms with Gasteiger partial charge in [-0.25, -0.2) is 5.26 Å². The van der Waals surface area contributed by atoms with Crippen LogP contribution in [0.15, 0.2) is 0 Å². The summed E-state index contributed by atoms with van der Waals surface area (Å²) in [6.45, 7) is 1.81. The number of aliphatic hydroxyl groups is 1. The molecule has 0 bridgehead atoms. The van der Waals surface area contributed by atoms with Crippen molar-refractivity contribution in [2.24, 2.45) is 0 Å². The van der Waals surface area contributed by atoms with Crippen LogP contribution in [-0.4, -0.2) is 21.2 Å². The molecule has 0 aliphatic carbocycles. The van der Waals surface area contributed by atoms with Crippen LogP contribution in [0.1, 0.15) is 13.8 Å². The number of hydrogen-bond acceptors (Lipinski definition) is 5. The Morgan fingerprint density at radius 2 is 1.82 bits per heavy atom. The molecule has 0 saturated heterocycles. The van der Waals surface area contributed by atoms with Crippen molar-refractivity contribution in [2.75, 3.05) is 0 Å². The summed E-state index contributed by atoms with van der Waals surface area (Å²) in [6, 6.07) is 0. The van der Waals surface area contributed by atoms with E-state index in [2.05, 4.69) is 9.37 Å². The molecule has 68 valence electrons. The molecule has 0 aliphatic rings. The van der Waals surface area contributed by atoms with Crippen LogP contribution in [-0.2, 0) is 9.37 Å². The third kappa shape index (κ3) is 3.30. The Hall–Kier alpha value is 0.0500. The van der Waals surface area contributed by atoms with E-state index in [0.717, 1.165) is 13.8 Å². The molecule has 7 heteroatoms. The summed E-state index contributed by atoms with van der Waals surface area (Å²) in [5.74, 6) is 0. The van der Waals surface area contributed by atoms with Gasteiger partial charge >= 0.3 is 5.25 Å². The highest BCUT2D eigenvalue weighted by Gasteiger charge is 2.48. The van der Waals surface area contributed by atoms with E-state index in [1.807, 2.05) is 0 Å². The molecule has 0 aliphatic heterocycles. The van der Waals surface area contributed by atoms with Crippen molar-refractivity contribution in [2.45, 2.75) is 24.7 Å². The molecule has 0 amide bonds. The fraction of sp³-hybridized carbons (Fsp3) is 1.00. The van der Waals surface area contributed by atoms with Crippen LogP contribution < -0.4 is 0 Å². The molecule has 0 aromatic rings. The van der Waals surface area contributed by atoms with Crippen LogP contribution in [0.3, 0.4) is 0 Å². The van der Waals surface area contributed by atoms with Crippen molar-refractivity contribution in [3.05, 3.63) is 0 Å². The molecule has 2 N–H and O–H groups in total. The van der Waals surface area contributed by atoms with Crippen LogP contribution in [0.2, 0.25) is 0 Å². The van der Waals surface area contributed by atoms with Gasteiger partial charge in [0.1, 0.15) is 17.6 Å². The van der Waals surface area contributed by atoms with Crippen LogP contribution in [0.4, 0.5) is 8.78 Å². The van der Waals surface area contributed by atoms with Gasteiger partial charge in [-0.05, 0) is 13.8 Å². The van der Waals surface area contributed by atoms with E-state index < -0.39 is 22.9 Å². The fourth-order valence-corrected chi connectivity index (χ4v) is 0.480. The molecular weight excluding hydrogens is 182 g/mol. The molecule has 0 rings (SSSR count). The SMILES string of the molecule is CC(C)(O)C(F)(F)SOOO. The standard InChI is InChI=1S/C4H8F2O4S/c1-3(2,7)4(5,6)11-10-9-8/h7-8H,1-2H3. The van der Waals surface area contributed by atoms with Gasteiger partial charge in [-0.1, -0.05) is 5.04 Å². The van der Waals surface area contributed by atoms with Crippen LogP contribution in [0.5, 0.6) is 0 Å². The third-order valence-corrected chi connectivity index (χ3v) is 1.72. The van der Waals surface area contributed by atoms with E-state index in [1.54, 1.807) is 0 Å². The molecule has 0 atom stereocenters. The van der Waals surface area contributed by atoms with Gasteiger partial charge in [0, 0.05) is 0 Å². The van der Waals surface area contributed by atoms with Crippen molar-refractivity contribution in [1.29, 1.82) is 0 Å². The number of alkyl halides is 2. The van der Waals surface area contributed by atoms with Gasteiger partial charge in [0.05, 0.1) is 0 Å². The monoisotopic (exact) mass is 190 g/mol. The first-order chi connectivity index (χ1) is 4.81. The quantitative estimate of drug-likeness (QED) is 0.399. The van der Waals surface area contributed by atoms with Gasteiger partial charge in [0.25, 0.3) is 0 Å². The summed E-state index contributed by atoms with van der Waals surface area (Å²) in [5, 5.41) is 15.7. The normalized spacial score (nSPS) is 13.6. The minimum absolute atomic E-state index is 0.470. The zero-order valence-corrected chi connectivity index (χ0v) is 6.69. The van der Waals surface area contributed by atoms with Gasteiger partial charge < -0.3 is 5.11 Å². The second kappa shape index (κ2) is 3.63. The lowest BCUT2D eigenvalue weighted by Crippen LogP contribution is -2.39. The van der Waals surface area contributed by atoms with E-state index in [-0.39, 0.29) is 0 Å². The maximum atomic E-state index is 12.5. The second-order valence-corrected chi connectivity index (χ2v) is 3.12. The van der Waals surface area contributed by atoms with Crippen LogP contribution in [0.25, 0.3) is 0 Å². The molecule has 0 saturated carbocycles. The Labute approximate surface area is 66.2 Å². The lowest BCUT2D eigenvalue weighted by atomic mass is 10.1. The fourth-order valence-electron chi connectivity index (χ4n) is 0.160. The number of halogens is 2. The van der Waals surface area contributed by atoms with Crippen molar-refractivity contribution in [3.8, 4) is 0 Å². The summed E-state index contributed by atoms with van der Waals surface area (Å²) < 4.78 is 28.5. The van der Waals surface area contributed by atoms with E-state index in [1.165, 1.54) is 0 Å². The summed E-state index contributed by atoms with van der Waals surface area (Å²) in [4.78, 5) is 0. The van der Waals surface area contributed by atoms with Gasteiger partial charge in [0.2, 0.25) is 0 Å². The van der Waals surface area contributed by atoms with Gasteiger partial charge in [-0.15, -0.1) is 4.33 Å². The molecule has 11 heavy (non-hydrogen) atoms. The maximum absolute atomic E-state index is 12.5. The first-order valence-corrected chi connectivity index (χ1v) is 3.31. The Kier molecular flexibility index (Phi) is 3.65. The highest BCUT2D eigenvalue weighted by atomic mass is 32.2. The minimum Gasteiger partial charge on any atom is -0.383 e. The minimum atomic E-state index is -3.55. The third-order valence-electron chi connectivity index (χ3n) is 0.881. The molecular formula is C4H8F2O4S. The highest BCUT2D eigenvalue weighted by Crippen LogP contribution is 2.39. The predicted molar refractivity (Wildman–Crippen MR) is 33.6 cm³/mol.